The molecule has 1 aromatic heterocycles. The van der Waals surface area contributed by atoms with E-state index in [0.29, 0.717) is 5.56 Å². The monoisotopic (exact) mass is 287 g/mol. The number of nitrogens with one attached hydrogen (secondary N) is 1. The summed E-state index contributed by atoms with van der Waals surface area (Å²) in [5.41, 5.74) is 3.42. The van der Waals surface area contributed by atoms with Crippen molar-refractivity contribution >= 4 is 23.0 Å². The van der Waals surface area contributed by atoms with E-state index >= 15 is 0 Å². The Kier molecular flexibility index (Phi) is 3.49. The van der Waals surface area contributed by atoms with E-state index < -0.39 is 5.97 Å². The zero-order valence-electron chi connectivity index (χ0n) is 11.3. The second kappa shape index (κ2) is 5.29. The van der Waals surface area contributed by atoms with Crippen molar-refractivity contribution in [3.05, 3.63) is 51.2 Å². The van der Waals surface area contributed by atoms with E-state index in [0.717, 1.165) is 30.5 Å². The summed E-state index contributed by atoms with van der Waals surface area (Å²) in [4.78, 5) is 12.8. The van der Waals surface area contributed by atoms with Crippen molar-refractivity contribution in [3.63, 3.8) is 0 Å². The van der Waals surface area contributed by atoms with Crippen LogP contribution in [0.4, 0.5) is 5.69 Å². The fourth-order valence-corrected chi connectivity index (χ4v) is 3.84. The SMILES string of the molecule is Cc1cccc(C(=O)O)c1NC1CCCc2sccc21. The van der Waals surface area contributed by atoms with Crippen LogP contribution < -0.4 is 5.32 Å². The van der Waals surface area contributed by atoms with Crippen LogP contribution in [0.2, 0.25) is 0 Å². The summed E-state index contributed by atoms with van der Waals surface area (Å²) in [6, 6.07) is 7.79. The van der Waals surface area contributed by atoms with E-state index in [2.05, 4.69) is 16.8 Å². The molecule has 1 unspecified atom stereocenters. The quantitative estimate of drug-likeness (QED) is 0.887. The number of carbonyl (C=O) groups is 1. The lowest BCUT2D eigenvalue weighted by Gasteiger charge is -2.26. The highest BCUT2D eigenvalue weighted by molar-refractivity contribution is 7.10. The van der Waals surface area contributed by atoms with Gasteiger partial charge in [-0.1, -0.05) is 12.1 Å². The molecule has 0 fully saturated rings. The van der Waals surface area contributed by atoms with Crippen LogP contribution in [0.25, 0.3) is 0 Å². The lowest BCUT2D eigenvalue weighted by molar-refractivity contribution is 0.0698. The smallest absolute Gasteiger partial charge is 0.337 e. The fourth-order valence-electron chi connectivity index (χ4n) is 2.85. The van der Waals surface area contributed by atoms with Crippen molar-refractivity contribution in [2.24, 2.45) is 0 Å². The number of anilines is 1. The van der Waals surface area contributed by atoms with E-state index in [9.17, 15) is 9.90 Å². The first kappa shape index (κ1) is 13.2. The molecule has 1 atom stereocenters. The summed E-state index contributed by atoms with van der Waals surface area (Å²) in [5.74, 6) is -0.877. The van der Waals surface area contributed by atoms with E-state index in [1.54, 1.807) is 23.5 Å². The molecular formula is C16H17NO2S. The number of hydrogen-bond donors (Lipinski definition) is 2. The summed E-state index contributed by atoms with van der Waals surface area (Å²) in [6.45, 7) is 1.95. The van der Waals surface area contributed by atoms with Crippen molar-refractivity contribution in [3.8, 4) is 0 Å². The van der Waals surface area contributed by atoms with Gasteiger partial charge >= 0.3 is 5.97 Å². The number of thiophene rings is 1. The number of para-hydroxylation sites is 1. The molecule has 20 heavy (non-hydrogen) atoms. The van der Waals surface area contributed by atoms with E-state index in [1.807, 2.05) is 13.0 Å². The molecule has 2 aromatic rings. The third-order valence-electron chi connectivity index (χ3n) is 3.87. The minimum Gasteiger partial charge on any atom is -0.478 e. The lowest BCUT2D eigenvalue weighted by atomic mass is 9.93. The van der Waals surface area contributed by atoms with Gasteiger partial charge in [0.05, 0.1) is 17.3 Å². The number of hydrogen-bond acceptors (Lipinski definition) is 3. The molecule has 3 rings (SSSR count). The highest BCUT2D eigenvalue weighted by Crippen LogP contribution is 2.36. The molecule has 0 radical (unpaired) electrons. The predicted molar refractivity (Wildman–Crippen MR) is 81.8 cm³/mol. The van der Waals surface area contributed by atoms with Gasteiger partial charge in [-0.3, -0.25) is 0 Å². The average Bonchev–Trinajstić information content (AvgIpc) is 2.90. The van der Waals surface area contributed by atoms with Crippen LogP contribution in [-0.4, -0.2) is 11.1 Å². The number of benzene rings is 1. The van der Waals surface area contributed by atoms with Gasteiger partial charge in [-0.05, 0) is 54.8 Å². The zero-order chi connectivity index (χ0) is 14.1. The molecule has 1 heterocycles. The number of carboxylic acids is 1. The average molecular weight is 287 g/mol. The highest BCUT2D eigenvalue weighted by Gasteiger charge is 2.23. The maximum absolute atomic E-state index is 11.4. The first-order valence-electron chi connectivity index (χ1n) is 6.82. The predicted octanol–water partition coefficient (Wildman–Crippen LogP) is 4.24. The number of rotatable bonds is 3. The van der Waals surface area contributed by atoms with Gasteiger partial charge < -0.3 is 10.4 Å². The van der Waals surface area contributed by atoms with Gasteiger partial charge in [0.2, 0.25) is 0 Å². The third-order valence-corrected chi connectivity index (χ3v) is 4.87. The summed E-state index contributed by atoms with van der Waals surface area (Å²) in [7, 11) is 0. The van der Waals surface area contributed by atoms with Crippen molar-refractivity contribution in [2.45, 2.75) is 32.2 Å². The Morgan fingerprint density at radius 3 is 3.05 bits per heavy atom. The van der Waals surface area contributed by atoms with Crippen LogP contribution in [0.3, 0.4) is 0 Å². The molecule has 3 nitrogen and oxygen atoms in total. The molecule has 0 amide bonds. The van der Waals surface area contributed by atoms with Crippen LogP contribution in [0.1, 0.15) is 45.2 Å². The van der Waals surface area contributed by atoms with Crippen molar-refractivity contribution < 1.29 is 9.90 Å². The molecule has 104 valence electrons. The first-order valence-corrected chi connectivity index (χ1v) is 7.70. The summed E-state index contributed by atoms with van der Waals surface area (Å²) in [5, 5.41) is 14.9. The third kappa shape index (κ3) is 2.31. The Labute approximate surface area is 122 Å². The number of fused-ring (bicyclic) bond motifs is 1. The molecule has 2 N–H and O–H groups in total. The minimum absolute atomic E-state index is 0.226. The van der Waals surface area contributed by atoms with E-state index in [-0.39, 0.29) is 6.04 Å². The molecule has 0 bridgehead atoms. The normalized spacial score (nSPS) is 17.6. The molecular weight excluding hydrogens is 270 g/mol. The molecule has 0 aliphatic heterocycles. The van der Waals surface area contributed by atoms with Crippen LogP contribution in [0, 0.1) is 6.92 Å². The molecule has 0 saturated carbocycles. The van der Waals surface area contributed by atoms with Gasteiger partial charge in [0.15, 0.2) is 0 Å². The Hall–Kier alpha value is -1.81. The molecule has 1 aliphatic carbocycles. The van der Waals surface area contributed by atoms with Gasteiger partial charge in [0, 0.05) is 4.88 Å². The Morgan fingerprint density at radius 1 is 1.40 bits per heavy atom. The Bertz CT molecular complexity index is 648. The summed E-state index contributed by atoms with van der Waals surface area (Å²) >= 11 is 1.80. The zero-order valence-corrected chi connectivity index (χ0v) is 12.2. The standard InChI is InChI=1S/C16H17NO2S/c1-10-4-2-5-12(16(18)19)15(10)17-13-6-3-7-14-11(13)8-9-20-14/h2,4-5,8-9,13,17H,3,6-7H2,1H3,(H,18,19). The number of aromatic carboxylic acids is 1. The molecule has 1 aromatic carbocycles. The minimum atomic E-state index is -0.877. The van der Waals surface area contributed by atoms with Crippen LogP contribution in [0.15, 0.2) is 29.6 Å². The summed E-state index contributed by atoms with van der Waals surface area (Å²) < 4.78 is 0. The summed E-state index contributed by atoms with van der Waals surface area (Å²) in [6.07, 6.45) is 3.35. The van der Waals surface area contributed by atoms with E-state index in [1.165, 1.54) is 10.4 Å². The topological polar surface area (TPSA) is 49.3 Å². The van der Waals surface area contributed by atoms with Crippen molar-refractivity contribution in [1.29, 1.82) is 0 Å². The Morgan fingerprint density at radius 2 is 2.25 bits per heavy atom. The number of aryl methyl sites for hydroxylation is 2. The van der Waals surface area contributed by atoms with Gasteiger partial charge in [-0.25, -0.2) is 4.79 Å². The van der Waals surface area contributed by atoms with Crippen LogP contribution in [-0.2, 0) is 6.42 Å². The molecule has 4 heteroatoms. The molecule has 0 spiro atoms. The molecule has 0 saturated heterocycles. The van der Waals surface area contributed by atoms with Gasteiger partial charge in [0.25, 0.3) is 0 Å². The first-order chi connectivity index (χ1) is 9.66. The van der Waals surface area contributed by atoms with Crippen molar-refractivity contribution in [2.75, 3.05) is 5.32 Å². The van der Waals surface area contributed by atoms with Gasteiger partial charge in [-0.15, -0.1) is 11.3 Å². The fraction of sp³-hybridized carbons (Fsp3) is 0.312. The number of carboxylic acid groups (broad SMARTS) is 1. The largest absolute Gasteiger partial charge is 0.478 e. The van der Waals surface area contributed by atoms with Crippen molar-refractivity contribution in [1.82, 2.24) is 0 Å². The van der Waals surface area contributed by atoms with Crippen LogP contribution >= 0.6 is 11.3 Å². The maximum atomic E-state index is 11.4. The highest BCUT2D eigenvalue weighted by atomic mass is 32.1. The Balaban J connectivity index is 1.96. The van der Waals surface area contributed by atoms with Gasteiger partial charge in [-0.2, -0.15) is 0 Å². The lowest BCUT2D eigenvalue weighted by Crippen LogP contribution is -2.18. The van der Waals surface area contributed by atoms with Crippen LogP contribution in [0.5, 0.6) is 0 Å². The van der Waals surface area contributed by atoms with E-state index in [4.69, 9.17) is 0 Å². The molecule has 1 aliphatic rings. The van der Waals surface area contributed by atoms with Gasteiger partial charge in [0.1, 0.15) is 0 Å². The second-order valence-electron chi connectivity index (χ2n) is 5.19. The maximum Gasteiger partial charge on any atom is 0.337 e. The second-order valence-corrected chi connectivity index (χ2v) is 6.19.